The van der Waals surface area contributed by atoms with E-state index in [2.05, 4.69) is 5.32 Å². The third-order valence-electron chi connectivity index (χ3n) is 2.17. The van der Waals surface area contributed by atoms with E-state index in [0.717, 1.165) is 0 Å². The van der Waals surface area contributed by atoms with E-state index in [1.54, 1.807) is 11.4 Å². The predicted molar refractivity (Wildman–Crippen MR) is 50.5 cm³/mol. The summed E-state index contributed by atoms with van der Waals surface area (Å²) in [6.07, 6.45) is 1.88. The monoisotopic (exact) mass is 205 g/mol. The number of rotatable bonds is 3. The molecule has 0 bridgehead atoms. The van der Waals surface area contributed by atoms with Gasteiger partial charge in [-0.2, -0.15) is 0 Å². The molecular weight excluding hydrogens is 190 g/mol. The first-order valence-electron chi connectivity index (χ1n) is 4.13. The van der Waals surface area contributed by atoms with E-state index >= 15 is 0 Å². The van der Waals surface area contributed by atoms with Gasteiger partial charge < -0.3 is 5.32 Å². The zero-order valence-electron chi connectivity index (χ0n) is 7.87. The fraction of sp³-hybridized carbons (Fsp3) is 0.857. The van der Waals surface area contributed by atoms with Crippen LogP contribution in [-0.4, -0.2) is 40.8 Å². The first-order chi connectivity index (χ1) is 5.93. The molecule has 6 heteroatoms. The number of nitrogens with one attached hydrogen (secondary N) is 2. The molecule has 0 aromatic rings. The van der Waals surface area contributed by atoms with E-state index in [-0.39, 0.29) is 11.8 Å². The summed E-state index contributed by atoms with van der Waals surface area (Å²) >= 11 is 0. The number of carbonyl (C=O) groups excluding carboxylic acids is 1. The molecule has 1 aliphatic rings. The van der Waals surface area contributed by atoms with Crippen LogP contribution in [0.25, 0.3) is 0 Å². The van der Waals surface area contributed by atoms with Crippen molar-refractivity contribution in [3.63, 3.8) is 0 Å². The predicted octanol–water partition coefficient (Wildman–Crippen LogP) is -0.354. The largest absolute Gasteiger partial charge is 0.359 e. The number of hydrogen-bond donors (Lipinski definition) is 2. The second-order valence-corrected chi connectivity index (χ2v) is 5.51. The Bertz CT molecular complexity index is 293. The summed E-state index contributed by atoms with van der Waals surface area (Å²) < 4.78 is 20.0. The minimum absolute atomic E-state index is 0.0113. The number of nitrogens with zero attached hydrogens (tertiary/aromatic N) is 1. The second-order valence-electron chi connectivity index (χ2n) is 3.39. The molecule has 0 aromatic heterocycles. The lowest BCUT2D eigenvalue weighted by Gasteiger charge is -2.38. The normalized spacial score (nSPS) is 23.2. The molecule has 0 aliphatic carbocycles. The molecule has 0 aromatic carbocycles. The highest BCUT2D eigenvalue weighted by Gasteiger charge is 2.32. The fourth-order valence-corrected chi connectivity index (χ4v) is 2.29. The highest BCUT2D eigenvalue weighted by Crippen LogP contribution is 2.21. The maximum absolute atomic E-state index is 11.2. The number of carbonyl (C=O) groups is 1. The van der Waals surface area contributed by atoms with Crippen molar-refractivity contribution in [3.8, 4) is 0 Å². The molecule has 1 unspecified atom stereocenters. The Hall–Kier alpha value is -0.620. The Labute approximate surface area is 78.6 Å². The van der Waals surface area contributed by atoms with E-state index < -0.39 is 9.92 Å². The van der Waals surface area contributed by atoms with Gasteiger partial charge in [-0.3, -0.25) is 4.79 Å². The molecule has 13 heavy (non-hydrogen) atoms. The van der Waals surface area contributed by atoms with Crippen LogP contribution in [-0.2, 0) is 14.7 Å². The van der Waals surface area contributed by atoms with Crippen molar-refractivity contribution in [1.29, 1.82) is 4.78 Å². The van der Waals surface area contributed by atoms with Gasteiger partial charge in [0.2, 0.25) is 5.91 Å². The molecule has 0 spiro atoms. The van der Waals surface area contributed by atoms with Crippen LogP contribution in [0.4, 0.5) is 0 Å². The number of hydrogen-bond acceptors (Lipinski definition) is 3. The van der Waals surface area contributed by atoms with Gasteiger partial charge in [-0.15, -0.1) is 0 Å². The van der Waals surface area contributed by atoms with Crippen LogP contribution in [0.15, 0.2) is 0 Å². The summed E-state index contributed by atoms with van der Waals surface area (Å²) in [4.78, 5) is 10.9. The van der Waals surface area contributed by atoms with Crippen molar-refractivity contribution < 1.29 is 9.00 Å². The van der Waals surface area contributed by atoms with Crippen molar-refractivity contribution in [2.24, 2.45) is 5.92 Å². The lowest BCUT2D eigenvalue weighted by molar-refractivity contribution is -0.122. The van der Waals surface area contributed by atoms with Crippen LogP contribution in [0.5, 0.6) is 0 Å². The van der Waals surface area contributed by atoms with Gasteiger partial charge in [0.1, 0.15) is 9.92 Å². The zero-order valence-corrected chi connectivity index (χ0v) is 8.69. The van der Waals surface area contributed by atoms with E-state index in [9.17, 15) is 9.00 Å². The summed E-state index contributed by atoms with van der Waals surface area (Å²) in [6.45, 7) is 1.21. The lowest BCUT2D eigenvalue weighted by atomic mass is 9.99. The van der Waals surface area contributed by atoms with Crippen molar-refractivity contribution >= 4 is 15.8 Å². The van der Waals surface area contributed by atoms with Crippen molar-refractivity contribution in [2.45, 2.75) is 6.42 Å². The van der Waals surface area contributed by atoms with E-state index in [1.165, 1.54) is 6.26 Å². The number of amides is 1. The van der Waals surface area contributed by atoms with Gasteiger partial charge in [0.05, 0.1) is 0 Å². The Morgan fingerprint density at radius 2 is 2.23 bits per heavy atom. The third kappa shape index (κ3) is 2.67. The first-order valence-corrected chi connectivity index (χ1v) is 6.05. The maximum atomic E-state index is 11.2. The lowest BCUT2D eigenvalue weighted by Crippen LogP contribution is -2.50. The average Bonchev–Trinajstić information content (AvgIpc) is 1.92. The molecule has 0 radical (unpaired) electrons. The Morgan fingerprint density at radius 1 is 1.69 bits per heavy atom. The molecular formula is C7H15N3O2S. The minimum Gasteiger partial charge on any atom is -0.359 e. The van der Waals surface area contributed by atoms with Gasteiger partial charge >= 0.3 is 0 Å². The smallest absolute Gasteiger partial charge is 0.220 e. The quantitative estimate of drug-likeness (QED) is 0.660. The molecule has 1 heterocycles. The van der Waals surface area contributed by atoms with E-state index in [1.807, 2.05) is 0 Å². The summed E-state index contributed by atoms with van der Waals surface area (Å²) in [7, 11) is -0.937. The van der Waals surface area contributed by atoms with Gasteiger partial charge in [0.25, 0.3) is 0 Å². The summed E-state index contributed by atoms with van der Waals surface area (Å²) in [5.74, 6) is 0.281. The fourth-order valence-electron chi connectivity index (χ4n) is 1.30. The molecule has 1 amide bonds. The van der Waals surface area contributed by atoms with Crippen LogP contribution in [0.1, 0.15) is 6.42 Å². The molecule has 1 rings (SSSR count). The second kappa shape index (κ2) is 3.63. The molecule has 1 fully saturated rings. The van der Waals surface area contributed by atoms with Gasteiger partial charge in [-0.05, 0) is 5.92 Å². The van der Waals surface area contributed by atoms with Crippen molar-refractivity contribution in [2.75, 3.05) is 26.4 Å². The van der Waals surface area contributed by atoms with Crippen LogP contribution < -0.4 is 5.32 Å². The molecule has 5 nitrogen and oxygen atoms in total. The first kappa shape index (κ1) is 10.5. The highest BCUT2D eigenvalue weighted by atomic mass is 32.2. The Kier molecular flexibility index (Phi) is 2.92. The summed E-state index contributed by atoms with van der Waals surface area (Å²) in [6, 6.07) is 0. The van der Waals surface area contributed by atoms with E-state index in [0.29, 0.717) is 19.5 Å². The van der Waals surface area contributed by atoms with Crippen molar-refractivity contribution in [1.82, 2.24) is 9.62 Å². The Morgan fingerprint density at radius 3 is 2.62 bits per heavy atom. The molecule has 1 saturated heterocycles. The zero-order chi connectivity index (χ0) is 10.1. The van der Waals surface area contributed by atoms with Gasteiger partial charge in [0.15, 0.2) is 0 Å². The Balaban J connectivity index is 2.31. The molecule has 2 N–H and O–H groups in total. The summed E-state index contributed by atoms with van der Waals surface area (Å²) in [5.41, 5.74) is 0. The van der Waals surface area contributed by atoms with Crippen LogP contribution >= 0.6 is 0 Å². The topological polar surface area (TPSA) is 73.3 Å². The van der Waals surface area contributed by atoms with Crippen LogP contribution in [0.2, 0.25) is 0 Å². The van der Waals surface area contributed by atoms with Gasteiger partial charge in [-0.1, -0.05) is 0 Å². The minimum atomic E-state index is -2.54. The van der Waals surface area contributed by atoms with Gasteiger partial charge in [0, 0.05) is 32.8 Å². The average molecular weight is 205 g/mol. The highest BCUT2D eigenvalue weighted by molar-refractivity contribution is 7.89. The molecule has 0 saturated carbocycles. The SMILES string of the molecule is CNC(=O)CC1CN(S(C)(=N)=O)C1. The molecule has 1 aliphatic heterocycles. The molecule has 76 valence electrons. The third-order valence-corrected chi connectivity index (χ3v) is 3.45. The van der Waals surface area contributed by atoms with Gasteiger partial charge in [-0.25, -0.2) is 13.3 Å². The summed E-state index contributed by atoms with van der Waals surface area (Å²) in [5, 5.41) is 2.54. The van der Waals surface area contributed by atoms with Crippen LogP contribution in [0, 0.1) is 10.7 Å². The molecule has 1 atom stereocenters. The van der Waals surface area contributed by atoms with Crippen LogP contribution in [0.3, 0.4) is 0 Å². The van der Waals surface area contributed by atoms with E-state index in [4.69, 9.17) is 4.78 Å². The standard InChI is InChI=1S/C7H15N3O2S/c1-9-7(11)3-6-4-10(5-6)13(2,8)12/h6,8H,3-5H2,1-2H3,(H,9,11). The van der Waals surface area contributed by atoms with Crippen molar-refractivity contribution in [3.05, 3.63) is 0 Å². The maximum Gasteiger partial charge on any atom is 0.220 e.